The van der Waals surface area contributed by atoms with E-state index < -0.39 is 6.04 Å². The van der Waals surface area contributed by atoms with Crippen molar-refractivity contribution in [3.05, 3.63) is 54.0 Å². The maximum Gasteiger partial charge on any atom is 0.241 e. The van der Waals surface area contributed by atoms with Crippen LogP contribution in [0.3, 0.4) is 0 Å². The maximum atomic E-state index is 12.2. The topological polar surface area (TPSA) is 71.3 Å². The van der Waals surface area contributed by atoms with Crippen molar-refractivity contribution in [2.75, 3.05) is 5.32 Å². The second-order valence-corrected chi connectivity index (χ2v) is 5.25. The summed E-state index contributed by atoms with van der Waals surface area (Å²) >= 11 is 0. The van der Waals surface area contributed by atoms with Crippen molar-refractivity contribution < 1.29 is 14.0 Å². The summed E-state index contributed by atoms with van der Waals surface area (Å²) < 4.78 is 5.30. The Morgan fingerprint density at radius 2 is 1.91 bits per heavy atom. The number of rotatable bonds is 6. The molecule has 1 amide bonds. The van der Waals surface area contributed by atoms with Crippen LogP contribution in [-0.2, 0) is 4.79 Å². The average molecular weight is 300 g/mol. The van der Waals surface area contributed by atoms with Gasteiger partial charge < -0.3 is 9.73 Å². The zero-order valence-electron chi connectivity index (χ0n) is 12.9. The van der Waals surface area contributed by atoms with Crippen LogP contribution in [0.4, 0.5) is 5.69 Å². The van der Waals surface area contributed by atoms with E-state index in [1.54, 1.807) is 37.5 Å². The van der Waals surface area contributed by atoms with Crippen molar-refractivity contribution in [3.8, 4) is 0 Å². The fourth-order valence-electron chi connectivity index (χ4n) is 2.14. The Morgan fingerprint density at radius 1 is 1.14 bits per heavy atom. The normalized spacial score (nSPS) is 13.4. The van der Waals surface area contributed by atoms with Gasteiger partial charge in [-0.2, -0.15) is 0 Å². The first-order valence-corrected chi connectivity index (χ1v) is 7.18. The Kier molecular flexibility index (Phi) is 5.12. The molecular formula is C17H20N2O3. The van der Waals surface area contributed by atoms with Crippen LogP contribution >= 0.6 is 0 Å². The number of nitrogens with one attached hydrogen (secondary N) is 2. The largest absolute Gasteiger partial charge is 0.468 e. The van der Waals surface area contributed by atoms with E-state index in [1.807, 2.05) is 19.1 Å². The lowest BCUT2D eigenvalue weighted by Gasteiger charge is -2.18. The molecule has 0 unspecified atom stereocenters. The molecule has 2 N–H and O–H groups in total. The van der Waals surface area contributed by atoms with Crippen LogP contribution in [0, 0.1) is 0 Å². The molecule has 0 bridgehead atoms. The number of anilines is 1. The van der Waals surface area contributed by atoms with Crippen LogP contribution in [0.1, 0.15) is 42.9 Å². The lowest BCUT2D eigenvalue weighted by atomic mass is 10.1. The van der Waals surface area contributed by atoms with Crippen LogP contribution in [0.5, 0.6) is 0 Å². The first-order valence-electron chi connectivity index (χ1n) is 7.18. The van der Waals surface area contributed by atoms with Gasteiger partial charge in [-0.15, -0.1) is 0 Å². The van der Waals surface area contributed by atoms with Gasteiger partial charge in [-0.05, 0) is 45.0 Å². The minimum Gasteiger partial charge on any atom is -0.468 e. The van der Waals surface area contributed by atoms with E-state index >= 15 is 0 Å². The van der Waals surface area contributed by atoms with E-state index in [0.29, 0.717) is 11.3 Å². The molecule has 0 saturated carbocycles. The smallest absolute Gasteiger partial charge is 0.241 e. The van der Waals surface area contributed by atoms with E-state index in [2.05, 4.69) is 10.6 Å². The molecule has 0 radical (unpaired) electrons. The number of amides is 1. The zero-order valence-corrected chi connectivity index (χ0v) is 12.9. The van der Waals surface area contributed by atoms with Gasteiger partial charge in [0, 0.05) is 11.3 Å². The minimum absolute atomic E-state index is 0.0336. The van der Waals surface area contributed by atoms with Crippen molar-refractivity contribution >= 4 is 17.4 Å². The van der Waals surface area contributed by atoms with Crippen molar-refractivity contribution in [2.24, 2.45) is 0 Å². The van der Waals surface area contributed by atoms with Crippen LogP contribution < -0.4 is 10.6 Å². The summed E-state index contributed by atoms with van der Waals surface area (Å²) in [4.78, 5) is 23.6. The van der Waals surface area contributed by atoms with Gasteiger partial charge in [0.05, 0.1) is 18.3 Å². The predicted molar refractivity (Wildman–Crippen MR) is 84.8 cm³/mol. The first kappa shape index (κ1) is 16.0. The van der Waals surface area contributed by atoms with Crippen LogP contribution in [-0.4, -0.2) is 17.7 Å². The van der Waals surface area contributed by atoms with Gasteiger partial charge >= 0.3 is 0 Å². The molecule has 0 spiro atoms. The number of carbonyl (C=O) groups excluding carboxylic acids is 2. The second-order valence-electron chi connectivity index (χ2n) is 5.25. The first-order chi connectivity index (χ1) is 10.5. The van der Waals surface area contributed by atoms with Gasteiger partial charge in [0.25, 0.3) is 0 Å². The molecule has 5 heteroatoms. The molecule has 0 aliphatic rings. The molecule has 2 atom stereocenters. The molecule has 22 heavy (non-hydrogen) atoms. The van der Waals surface area contributed by atoms with Crippen molar-refractivity contribution in [3.63, 3.8) is 0 Å². The third kappa shape index (κ3) is 4.05. The fourth-order valence-corrected chi connectivity index (χ4v) is 2.14. The van der Waals surface area contributed by atoms with Crippen molar-refractivity contribution in [1.29, 1.82) is 0 Å². The summed E-state index contributed by atoms with van der Waals surface area (Å²) in [6.07, 6.45) is 1.60. The molecule has 116 valence electrons. The molecule has 5 nitrogen and oxygen atoms in total. The van der Waals surface area contributed by atoms with Crippen LogP contribution in [0.15, 0.2) is 47.1 Å². The Hall–Kier alpha value is -2.40. The minimum atomic E-state index is -0.402. The summed E-state index contributed by atoms with van der Waals surface area (Å²) in [7, 11) is 0. The highest BCUT2D eigenvalue weighted by atomic mass is 16.3. The molecule has 1 heterocycles. The van der Waals surface area contributed by atoms with E-state index in [0.717, 1.165) is 5.76 Å². The van der Waals surface area contributed by atoms with E-state index in [4.69, 9.17) is 4.42 Å². The van der Waals surface area contributed by atoms with Gasteiger partial charge in [0.1, 0.15) is 5.76 Å². The second kappa shape index (κ2) is 7.04. The number of hydrogen-bond donors (Lipinski definition) is 2. The SMILES string of the molecule is CC(=O)c1cccc(NC(=O)[C@@H](C)N[C@@H](C)c2ccco2)c1. The van der Waals surface area contributed by atoms with Gasteiger partial charge in [-0.3, -0.25) is 14.9 Å². The van der Waals surface area contributed by atoms with Crippen LogP contribution in [0.25, 0.3) is 0 Å². The quantitative estimate of drug-likeness (QED) is 0.804. The molecule has 0 fully saturated rings. The molecule has 1 aromatic heterocycles. The summed E-state index contributed by atoms with van der Waals surface area (Å²) in [5.74, 6) is 0.575. The summed E-state index contributed by atoms with van der Waals surface area (Å²) in [6, 6.07) is 10.1. The van der Waals surface area contributed by atoms with Crippen LogP contribution in [0.2, 0.25) is 0 Å². The lowest BCUT2D eigenvalue weighted by molar-refractivity contribution is -0.118. The van der Waals surface area contributed by atoms with E-state index in [-0.39, 0.29) is 17.7 Å². The van der Waals surface area contributed by atoms with E-state index in [1.165, 1.54) is 6.92 Å². The van der Waals surface area contributed by atoms with Gasteiger partial charge in [-0.1, -0.05) is 12.1 Å². The number of benzene rings is 1. The monoisotopic (exact) mass is 300 g/mol. The number of carbonyl (C=O) groups is 2. The van der Waals surface area contributed by atoms with E-state index in [9.17, 15) is 9.59 Å². The molecule has 1 aromatic carbocycles. The highest BCUT2D eigenvalue weighted by molar-refractivity contribution is 5.98. The lowest BCUT2D eigenvalue weighted by Crippen LogP contribution is -2.39. The fraction of sp³-hybridized carbons (Fsp3) is 0.294. The number of furan rings is 1. The summed E-state index contributed by atoms with van der Waals surface area (Å²) in [5.41, 5.74) is 1.18. The molecular weight excluding hydrogens is 280 g/mol. The summed E-state index contributed by atoms with van der Waals surface area (Å²) in [5, 5.41) is 5.97. The Labute approximate surface area is 129 Å². The van der Waals surface area contributed by atoms with Crippen molar-refractivity contribution in [2.45, 2.75) is 32.9 Å². The standard InChI is InChI=1S/C17H20N2O3/c1-11(16-8-5-9-22-16)18-12(2)17(21)19-15-7-4-6-14(10-15)13(3)20/h4-12,18H,1-3H3,(H,19,21)/t11-,12+/m0/s1. The highest BCUT2D eigenvalue weighted by Crippen LogP contribution is 2.14. The van der Waals surface area contributed by atoms with Gasteiger partial charge in [0.15, 0.2) is 5.78 Å². The Morgan fingerprint density at radius 3 is 2.55 bits per heavy atom. The molecule has 0 aliphatic carbocycles. The zero-order chi connectivity index (χ0) is 16.1. The average Bonchev–Trinajstić information content (AvgIpc) is 3.01. The molecule has 2 rings (SSSR count). The summed E-state index contributed by atoms with van der Waals surface area (Å²) in [6.45, 7) is 5.21. The molecule has 0 saturated heterocycles. The number of ketones is 1. The molecule has 2 aromatic rings. The highest BCUT2D eigenvalue weighted by Gasteiger charge is 2.17. The number of Topliss-reactive ketones (excluding diaryl/α,β-unsaturated/α-hetero) is 1. The third-order valence-corrected chi connectivity index (χ3v) is 3.40. The van der Waals surface area contributed by atoms with Crippen molar-refractivity contribution in [1.82, 2.24) is 5.32 Å². The third-order valence-electron chi connectivity index (χ3n) is 3.40. The van der Waals surface area contributed by atoms with Gasteiger partial charge in [0.2, 0.25) is 5.91 Å². The predicted octanol–water partition coefficient (Wildman–Crippen LogP) is 3.16. The van der Waals surface area contributed by atoms with Gasteiger partial charge in [-0.25, -0.2) is 0 Å². The Bertz CT molecular complexity index is 650. The molecule has 0 aliphatic heterocycles. The maximum absolute atomic E-state index is 12.2. The Balaban J connectivity index is 1.96. The number of hydrogen-bond acceptors (Lipinski definition) is 4.